The predicted octanol–water partition coefficient (Wildman–Crippen LogP) is 2.65. The molecule has 0 amide bonds. The molecule has 0 spiro atoms. The third kappa shape index (κ3) is 7.14. The number of aliphatic imine (C=N–C) groups is 1. The molecular formula is C21H32N4O2S. The van der Waals surface area contributed by atoms with E-state index in [0.29, 0.717) is 25.7 Å². The van der Waals surface area contributed by atoms with Crippen LogP contribution in [0.5, 0.6) is 5.75 Å². The van der Waals surface area contributed by atoms with E-state index in [-0.39, 0.29) is 0 Å². The summed E-state index contributed by atoms with van der Waals surface area (Å²) in [6.45, 7) is 6.94. The number of likely N-dealkylation sites (N-methyl/N-ethyl adjacent to an activating group) is 1. The number of aliphatic hydroxyl groups is 1. The molecule has 3 N–H and O–H groups in total. The van der Waals surface area contributed by atoms with Gasteiger partial charge in [0.2, 0.25) is 0 Å². The fourth-order valence-electron chi connectivity index (χ4n) is 2.55. The zero-order valence-electron chi connectivity index (χ0n) is 17.2. The van der Waals surface area contributed by atoms with E-state index in [0.717, 1.165) is 29.3 Å². The molecule has 2 rings (SSSR count). The second-order valence-electron chi connectivity index (χ2n) is 7.06. The quantitative estimate of drug-likeness (QED) is 0.420. The van der Waals surface area contributed by atoms with Gasteiger partial charge in [-0.3, -0.25) is 0 Å². The Bertz CT molecular complexity index is 730. The fourth-order valence-corrected chi connectivity index (χ4v) is 3.33. The number of nitrogens with one attached hydrogen (secondary N) is 2. The molecule has 1 unspecified atom stereocenters. The van der Waals surface area contributed by atoms with Crippen LogP contribution in [-0.4, -0.2) is 56.3 Å². The van der Waals surface area contributed by atoms with E-state index >= 15 is 0 Å². The number of nitrogens with zero attached hydrogens (tertiary/aromatic N) is 2. The molecule has 0 fully saturated rings. The van der Waals surface area contributed by atoms with Gasteiger partial charge in [0.05, 0.1) is 13.1 Å². The van der Waals surface area contributed by atoms with Gasteiger partial charge in [-0.2, -0.15) is 0 Å². The van der Waals surface area contributed by atoms with Gasteiger partial charge < -0.3 is 25.4 Å². The molecule has 154 valence electrons. The monoisotopic (exact) mass is 404 g/mol. The standard InChI is InChI=1S/C21H32N4O2S/c1-5-22-20(24-16-21(2,26)19-11-8-14-28-19)23-15-17-9-6-7-10-18(17)27-13-12-25(3)4/h6-11,14,26H,5,12-13,15-16H2,1-4H3,(H2,22,23,24). The maximum atomic E-state index is 10.7. The third-order valence-electron chi connectivity index (χ3n) is 4.17. The molecule has 0 aliphatic rings. The van der Waals surface area contributed by atoms with Crippen molar-refractivity contribution in [2.45, 2.75) is 26.0 Å². The Morgan fingerprint density at radius 2 is 2.00 bits per heavy atom. The lowest BCUT2D eigenvalue weighted by atomic mass is 10.1. The van der Waals surface area contributed by atoms with Gasteiger partial charge in [-0.15, -0.1) is 11.3 Å². The van der Waals surface area contributed by atoms with E-state index in [1.165, 1.54) is 0 Å². The van der Waals surface area contributed by atoms with Crippen molar-refractivity contribution in [3.63, 3.8) is 0 Å². The highest BCUT2D eigenvalue weighted by atomic mass is 32.1. The first-order valence-corrected chi connectivity index (χ1v) is 10.4. The van der Waals surface area contributed by atoms with Crippen LogP contribution in [0.4, 0.5) is 0 Å². The van der Waals surface area contributed by atoms with Crippen LogP contribution in [0.15, 0.2) is 46.8 Å². The Morgan fingerprint density at radius 1 is 1.21 bits per heavy atom. The van der Waals surface area contributed by atoms with E-state index in [4.69, 9.17) is 4.74 Å². The molecule has 1 aromatic heterocycles. The lowest BCUT2D eigenvalue weighted by Crippen LogP contribution is -2.44. The molecule has 28 heavy (non-hydrogen) atoms. The number of guanidine groups is 1. The van der Waals surface area contributed by atoms with Gasteiger partial charge in [0.15, 0.2) is 5.96 Å². The van der Waals surface area contributed by atoms with E-state index in [9.17, 15) is 5.11 Å². The second kappa shape index (κ2) is 11.0. The Morgan fingerprint density at radius 3 is 2.68 bits per heavy atom. The first-order valence-electron chi connectivity index (χ1n) is 9.56. The minimum atomic E-state index is -0.947. The zero-order chi connectivity index (χ0) is 20.4. The van der Waals surface area contributed by atoms with Crippen molar-refractivity contribution in [2.75, 3.05) is 40.3 Å². The maximum Gasteiger partial charge on any atom is 0.191 e. The molecule has 1 atom stereocenters. The first kappa shape index (κ1) is 22.2. The van der Waals surface area contributed by atoms with Crippen molar-refractivity contribution in [3.05, 3.63) is 52.2 Å². The molecule has 6 nitrogen and oxygen atoms in total. The summed E-state index contributed by atoms with van der Waals surface area (Å²) in [5.74, 6) is 1.52. The number of hydrogen-bond acceptors (Lipinski definition) is 5. The molecule has 0 aliphatic carbocycles. The molecule has 0 radical (unpaired) electrons. The molecule has 1 heterocycles. The average Bonchev–Trinajstić information content (AvgIpc) is 3.20. The molecule has 0 saturated carbocycles. The molecule has 0 bridgehead atoms. The van der Waals surface area contributed by atoms with Crippen molar-refractivity contribution >= 4 is 17.3 Å². The molecular weight excluding hydrogens is 372 g/mol. The lowest BCUT2D eigenvalue weighted by Gasteiger charge is -2.23. The SMILES string of the molecule is CCNC(=NCc1ccccc1OCCN(C)C)NCC(C)(O)c1cccs1. The number of hydrogen-bond donors (Lipinski definition) is 3. The highest BCUT2D eigenvalue weighted by Crippen LogP contribution is 2.24. The number of para-hydroxylation sites is 1. The summed E-state index contributed by atoms with van der Waals surface area (Å²) in [6, 6.07) is 11.9. The topological polar surface area (TPSA) is 69.1 Å². The van der Waals surface area contributed by atoms with Crippen molar-refractivity contribution < 1.29 is 9.84 Å². The first-order chi connectivity index (χ1) is 13.4. The molecule has 1 aromatic carbocycles. The van der Waals surface area contributed by atoms with Crippen LogP contribution in [0.2, 0.25) is 0 Å². The van der Waals surface area contributed by atoms with Gasteiger partial charge in [-0.05, 0) is 45.5 Å². The van der Waals surface area contributed by atoms with E-state index in [2.05, 4.69) is 20.5 Å². The third-order valence-corrected chi connectivity index (χ3v) is 5.30. The molecule has 7 heteroatoms. The predicted molar refractivity (Wildman–Crippen MR) is 117 cm³/mol. The number of benzene rings is 1. The average molecular weight is 405 g/mol. The van der Waals surface area contributed by atoms with Crippen LogP contribution < -0.4 is 15.4 Å². The maximum absolute atomic E-state index is 10.7. The van der Waals surface area contributed by atoms with Crippen molar-refractivity contribution in [1.29, 1.82) is 0 Å². The highest BCUT2D eigenvalue weighted by molar-refractivity contribution is 7.10. The summed E-state index contributed by atoms with van der Waals surface area (Å²) in [5, 5.41) is 19.1. The summed E-state index contributed by atoms with van der Waals surface area (Å²) in [5.41, 5.74) is 0.0841. The summed E-state index contributed by atoms with van der Waals surface area (Å²) < 4.78 is 5.91. The Balaban J connectivity index is 2.00. The number of ether oxygens (including phenoxy) is 1. The van der Waals surface area contributed by atoms with Gasteiger partial charge in [0.25, 0.3) is 0 Å². The Labute approximate surface area is 172 Å². The molecule has 2 aromatic rings. The zero-order valence-corrected chi connectivity index (χ0v) is 18.1. The smallest absolute Gasteiger partial charge is 0.191 e. The minimum absolute atomic E-state index is 0.375. The normalized spacial score (nSPS) is 14.0. The van der Waals surface area contributed by atoms with Crippen molar-refractivity contribution in [3.8, 4) is 5.75 Å². The summed E-state index contributed by atoms with van der Waals surface area (Å²) in [6.07, 6.45) is 0. The second-order valence-corrected chi connectivity index (χ2v) is 8.01. The van der Waals surface area contributed by atoms with Crippen LogP contribution in [0.25, 0.3) is 0 Å². The molecule has 0 saturated heterocycles. The summed E-state index contributed by atoms with van der Waals surface area (Å²) >= 11 is 1.55. The summed E-state index contributed by atoms with van der Waals surface area (Å²) in [7, 11) is 4.05. The van der Waals surface area contributed by atoms with Gasteiger partial charge in [0, 0.05) is 23.5 Å². The largest absolute Gasteiger partial charge is 0.492 e. The van der Waals surface area contributed by atoms with Crippen LogP contribution in [0, 0.1) is 0 Å². The van der Waals surface area contributed by atoms with Gasteiger partial charge in [-0.1, -0.05) is 24.3 Å². The summed E-state index contributed by atoms with van der Waals surface area (Å²) in [4.78, 5) is 7.69. The number of thiophene rings is 1. The number of rotatable bonds is 10. The van der Waals surface area contributed by atoms with Crippen LogP contribution in [0.3, 0.4) is 0 Å². The van der Waals surface area contributed by atoms with E-state index < -0.39 is 5.60 Å². The Hall–Kier alpha value is -2.09. The Kier molecular flexibility index (Phi) is 8.76. The fraction of sp³-hybridized carbons (Fsp3) is 0.476. The lowest BCUT2D eigenvalue weighted by molar-refractivity contribution is 0.0655. The van der Waals surface area contributed by atoms with Gasteiger partial charge >= 0.3 is 0 Å². The van der Waals surface area contributed by atoms with Gasteiger partial charge in [0.1, 0.15) is 18.0 Å². The van der Waals surface area contributed by atoms with Crippen LogP contribution >= 0.6 is 11.3 Å². The van der Waals surface area contributed by atoms with Crippen LogP contribution in [0.1, 0.15) is 24.3 Å². The minimum Gasteiger partial charge on any atom is -0.492 e. The van der Waals surface area contributed by atoms with E-state index in [1.807, 2.05) is 69.7 Å². The van der Waals surface area contributed by atoms with Crippen molar-refractivity contribution in [1.82, 2.24) is 15.5 Å². The van der Waals surface area contributed by atoms with E-state index in [1.54, 1.807) is 11.3 Å². The van der Waals surface area contributed by atoms with Crippen LogP contribution in [-0.2, 0) is 12.1 Å². The van der Waals surface area contributed by atoms with Crippen molar-refractivity contribution in [2.24, 2.45) is 4.99 Å². The van der Waals surface area contributed by atoms with Gasteiger partial charge in [-0.25, -0.2) is 4.99 Å². The molecule has 0 aliphatic heterocycles. The highest BCUT2D eigenvalue weighted by Gasteiger charge is 2.24.